The lowest BCUT2D eigenvalue weighted by Gasteiger charge is -2.15. The Hall–Kier alpha value is -2.05. The first-order valence-electron chi connectivity index (χ1n) is 8.41. The van der Waals surface area contributed by atoms with Crippen LogP contribution in [-0.2, 0) is 11.3 Å². The fourth-order valence-electron chi connectivity index (χ4n) is 2.77. The van der Waals surface area contributed by atoms with Gasteiger partial charge in [-0.3, -0.25) is 4.79 Å². The van der Waals surface area contributed by atoms with E-state index < -0.39 is 0 Å². The highest BCUT2D eigenvalue weighted by Gasteiger charge is 2.17. The summed E-state index contributed by atoms with van der Waals surface area (Å²) in [6, 6.07) is 7.66. The van der Waals surface area contributed by atoms with Gasteiger partial charge in [-0.1, -0.05) is 6.07 Å². The molecule has 0 saturated carbocycles. The Labute approximate surface area is 151 Å². The van der Waals surface area contributed by atoms with Crippen molar-refractivity contribution in [3.05, 3.63) is 45.6 Å². The van der Waals surface area contributed by atoms with E-state index in [0.717, 1.165) is 35.5 Å². The molecule has 5 nitrogen and oxygen atoms in total. The van der Waals surface area contributed by atoms with Crippen LogP contribution in [0.1, 0.15) is 33.6 Å². The van der Waals surface area contributed by atoms with E-state index >= 15 is 0 Å². The highest BCUT2D eigenvalue weighted by molar-refractivity contribution is 7.12. The summed E-state index contributed by atoms with van der Waals surface area (Å²) >= 11 is 1.45. The van der Waals surface area contributed by atoms with Crippen LogP contribution in [0.4, 0.5) is 0 Å². The van der Waals surface area contributed by atoms with Crippen molar-refractivity contribution >= 4 is 17.2 Å². The van der Waals surface area contributed by atoms with Crippen molar-refractivity contribution in [3.8, 4) is 11.5 Å². The number of carbonyl (C=O) groups excluding carboxylic acids is 1. The molecule has 0 radical (unpaired) electrons. The second-order valence-corrected chi connectivity index (χ2v) is 6.96. The van der Waals surface area contributed by atoms with E-state index in [1.165, 1.54) is 11.3 Å². The maximum atomic E-state index is 12.2. The Kier molecular flexibility index (Phi) is 5.94. The van der Waals surface area contributed by atoms with Crippen LogP contribution < -0.4 is 14.8 Å². The quantitative estimate of drug-likeness (QED) is 0.819. The van der Waals surface area contributed by atoms with Gasteiger partial charge in [-0.25, -0.2) is 0 Å². The Bertz CT molecular complexity index is 722. The van der Waals surface area contributed by atoms with Crippen LogP contribution in [0.5, 0.6) is 11.5 Å². The van der Waals surface area contributed by atoms with E-state index in [0.29, 0.717) is 24.7 Å². The molecule has 1 aliphatic heterocycles. The van der Waals surface area contributed by atoms with Crippen LogP contribution in [0.3, 0.4) is 0 Å². The van der Waals surface area contributed by atoms with Crippen LogP contribution >= 0.6 is 11.3 Å². The number of thiophene rings is 1. The molecule has 1 aromatic carbocycles. The van der Waals surface area contributed by atoms with Gasteiger partial charge >= 0.3 is 0 Å². The smallest absolute Gasteiger partial charge is 0.261 e. The maximum absolute atomic E-state index is 12.2. The second-order valence-electron chi connectivity index (χ2n) is 6.05. The lowest BCUT2D eigenvalue weighted by molar-refractivity contribution is 0.0669. The molecule has 25 heavy (non-hydrogen) atoms. The zero-order chi connectivity index (χ0) is 17.6. The van der Waals surface area contributed by atoms with E-state index in [9.17, 15) is 4.79 Å². The number of ether oxygens (including phenoxy) is 3. The first kappa shape index (κ1) is 17.8. The van der Waals surface area contributed by atoms with Crippen LogP contribution in [0.2, 0.25) is 0 Å². The summed E-state index contributed by atoms with van der Waals surface area (Å²) in [7, 11) is 1.62. The number of nitrogens with one attached hydrogen (secondary N) is 1. The van der Waals surface area contributed by atoms with Crippen molar-refractivity contribution in [1.29, 1.82) is 0 Å². The number of benzene rings is 1. The van der Waals surface area contributed by atoms with E-state index in [1.54, 1.807) is 7.11 Å². The SMILES string of the molecule is COc1cc(CNC(=O)c2sccc2C)ccc1OCC1CCCO1. The molecule has 0 aliphatic carbocycles. The average Bonchev–Trinajstić information content (AvgIpc) is 3.29. The standard InChI is InChI=1S/C19H23NO4S/c1-13-7-9-25-18(13)19(21)20-11-14-5-6-16(17(10-14)22-2)24-12-15-4-3-8-23-15/h5-7,9-10,15H,3-4,8,11-12H2,1-2H3,(H,20,21). The molecule has 1 unspecified atom stereocenters. The Morgan fingerprint density at radius 2 is 2.24 bits per heavy atom. The van der Waals surface area contributed by atoms with Gasteiger partial charge in [0.15, 0.2) is 11.5 Å². The molecule has 0 spiro atoms. The van der Waals surface area contributed by atoms with Gasteiger partial charge < -0.3 is 19.5 Å². The van der Waals surface area contributed by atoms with Crippen molar-refractivity contribution in [2.75, 3.05) is 20.3 Å². The summed E-state index contributed by atoms with van der Waals surface area (Å²) in [4.78, 5) is 13.0. The highest BCUT2D eigenvalue weighted by atomic mass is 32.1. The molecule has 2 aromatic rings. The molecule has 1 aromatic heterocycles. The summed E-state index contributed by atoms with van der Waals surface area (Å²) in [5, 5.41) is 4.87. The number of hydrogen-bond acceptors (Lipinski definition) is 5. The van der Waals surface area contributed by atoms with Gasteiger partial charge in [0, 0.05) is 13.2 Å². The van der Waals surface area contributed by atoms with Crippen LogP contribution in [0, 0.1) is 6.92 Å². The Morgan fingerprint density at radius 1 is 1.36 bits per heavy atom. The van der Waals surface area contributed by atoms with Gasteiger partial charge in [-0.15, -0.1) is 11.3 Å². The minimum absolute atomic E-state index is 0.0508. The zero-order valence-electron chi connectivity index (χ0n) is 14.5. The topological polar surface area (TPSA) is 56.8 Å². The van der Waals surface area contributed by atoms with Crippen molar-refractivity contribution in [3.63, 3.8) is 0 Å². The fraction of sp³-hybridized carbons (Fsp3) is 0.421. The number of rotatable bonds is 7. The van der Waals surface area contributed by atoms with Gasteiger partial charge in [0.2, 0.25) is 0 Å². The molecule has 3 rings (SSSR count). The first-order chi connectivity index (χ1) is 12.2. The third kappa shape index (κ3) is 4.52. The van der Waals surface area contributed by atoms with Gasteiger partial charge in [-0.05, 0) is 54.5 Å². The summed E-state index contributed by atoms with van der Waals surface area (Å²) in [6.07, 6.45) is 2.29. The van der Waals surface area contributed by atoms with Gasteiger partial charge in [-0.2, -0.15) is 0 Å². The third-order valence-electron chi connectivity index (χ3n) is 4.20. The monoisotopic (exact) mass is 361 g/mol. The summed E-state index contributed by atoms with van der Waals surface area (Å²) < 4.78 is 16.8. The number of methoxy groups -OCH3 is 1. The molecular weight excluding hydrogens is 338 g/mol. The van der Waals surface area contributed by atoms with Crippen molar-refractivity contribution in [2.24, 2.45) is 0 Å². The number of aryl methyl sites for hydroxylation is 1. The van der Waals surface area contributed by atoms with Crippen molar-refractivity contribution in [1.82, 2.24) is 5.32 Å². The highest BCUT2D eigenvalue weighted by Crippen LogP contribution is 2.29. The molecule has 0 bridgehead atoms. The minimum atomic E-state index is -0.0508. The maximum Gasteiger partial charge on any atom is 0.261 e. The van der Waals surface area contributed by atoms with E-state index in [1.807, 2.05) is 36.6 Å². The lowest BCUT2D eigenvalue weighted by Crippen LogP contribution is -2.22. The summed E-state index contributed by atoms with van der Waals surface area (Å²) in [6.45, 7) is 3.73. The fourth-order valence-corrected chi connectivity index (χ4v) is 3.61. The molecule has 1 saturated heterocycles. The predicted molar refractivity (Wildman–Crippen MR) is 97.7 cm³/mol. The second kappa shape index (κ2) is 8.36. The first-order valence-corrected chi connectivity index (χ1v) is 9.29. The molecule has 6 heteroatoms. The van der Waals surface area contributed by atoms with Crippen LogP contribution in [-0.4, -0.2) is 32.3 Å². The van der Waals surface area contributed by atoms with Gasteiger partial charge in [0.05, 0.1) is 18.1 Å². The molecule has 1 fully saturated rings. The predicted octanol–water partition coefficient (Wildman–Crippen LogP) is 3.55. The number of hydrogen-bond donors (Lipinski definition) is 1. The van der Waals surface area contributed by atoms with Gasteiger partial charge in [0.25, 0.3) is 5.91 Å². The lowest BCUT2D eigenvalue weighted by atomic mass is 10.2. The molecule has 1 N–H and O–H groups in total. The molecular formula is C19H23NO4S. The minimum Gasteiger partial charge on any atom is -0.493 e. The van der Waals surface area contributed by atoms with Gasteiger partial charge in [0.1, 0.15) is 6.61 Å². The molecule has 2 heterocycles. The number of carbonyl (C=O) groups is 1. The van der Waals surface area contributed by atoms with E-state index in [-0.39, 0.29) is 12.0 Å². The molecule has 1 amide bonds. The summed E-state index contributed by atoms with van der Waals surface area (Å²) in [5.74, 6) is 1.31. The third-order valence-corrected chi connectivity index (χ3v) is 5.21. The van der Waals surface area contributed by atoms with Crippen LogP contribution in [0.25, 0.3) is 0 Å². The van der Waals surface area contributed by atoms with Crippen molar-refractivity contribution < 1.29 is 19.0 Å². The largest absolute Gasteiger partial charge is 0.493 e. The number of amides is 1. The zero-order valence-corrected chi connectivity index (χ0v) is 15.4. The molecule has 1 atom stereocenters. The van der Waals surface area contributed by atoms with Crippen molar-refractivity contribution in [2.45, 2.75) is 32.4 Å². The Balaban J connectivity index is 1.58. The molecule has 1 aliphatic rings. The summed E-state index contributed by atoms with van der Waals surface area (Å²) in [5.41, 5.74) is 1.96. The molecule has 134 valence electrons. The van der Waals surface area contributed by atoms with E-state index in [4.69, 9.17) is 14.2 Å². The van der Waals surface area contributed by atoms with Crippen LogP contribution in [0.15, 0.2) is 29.6 Å². The average molecular weight is 361 g/mol. The Morgan fingerprint density at radius 3 is 2.92 bits per heavy atom. The normalized spacial score (nSPS) is 16.6. The van der Waals surface area contributed by atoms with E-state index in [2.05, 4.69) is 5.32 Å².